The van der Waals surface area contributed by atoms with Gasteiger partial charge in [-0.1, -0.05) is 38.4 Å². The third-order valence-corrected chi connectivity index (χ3v) is 4.72. The van der Waals surface area contributed by atoms with Gasteiger partial charge in [-0.3, -0.25) is 9.78 Å². The van der Waals surface area contributed by atoms with E-state index in [-0.39, 0.29) is 5.91 Å². The summed E-state index contributed by atoms with van der Waals surface area (Å²) in [5, 5.41) is 8.49. The van der Waals surface area contributed by atoms with Crippen LogP contribution in [0, 0.1) is 5.92 Å². The fourth-order valence-electron chi connectivity index (χ4n) is 3.19. The van der Waals surface area contributed by atoms with E-state index in [4.69, 9.17) is 16.7 Å². The van der Waals surface area contributed by atoms with Crippen molar-refractivity contribution in [2.75, 3.05) is 0 Å². The third kappa shape index (κ3) is 4.60. The Balaban J connectivity index is 1.97. The fourth-order valence-corrected chi connectivity index (χ4v) is 3.32. The smallest absolute Gasteiger partial charge is 0.255 e. The molecule has 5 nitrogen and oxygen atoms in total. The zero-order valence-electron chi connectivity index (χ0n) is 16.4. The van der Waals surface area contributed by atoms with Crippen molar-refractivity contribution >= 4 is 17.5 Å². The van der Waals surface area contributed by atoms with E-state index >= 15 is 0 Å². The van der Waals surface area contributed by atoms with Crippen molar-refractivity contribution in [3.63, 3.8) is 0 Å². The number of halogens is 1. The topological polar surface area (TPSA) is 59.8 Å². The SMILES string of the molecule is CCc1c(C(=O)NCc2cccnc2)c(CC(C)C)nn1-c1ccc(Cl)cc1. The largest absolute Gasteiger partial charge is 0.348 e. The van der Waals surface area contributed by atoms with Gasteiger partial charge in [0, 0.05) is 24.0 Å². The van der Waals surface area contributed by atoms with Gasteiger partial charge in [0.05, 0.1) is 22.6 Å². The van der Waals surface area contributed by atoms with Crippen LogP contribution in [0.2, 0.25) is 5.02 Å². The highest BCUT2D eigenvalue weighted by atomic mass is 35.5. The number of hydrogen-bond donors (Lipinski definition) is 1. The molecule has 1 aromatic carbocycles. The highest BCUT2D eigenvalue weighted by molar-refractivity contribution is 6.30. The molecule has 0 atom stereocenters. The molecule has 6 heteroatoms. The Kier molecular flexibility index (Phi) is 6.47. The number of nitrogens with zero attached hydrogens (tertiary/aromatic N) is 3. The first kappa shape index (κ1) is 20.1. The lowest BCUT2D eigenvalue weighted by atomic mass is 10.0. The van der Waals surface area contributed by atoms with E-state index in [9.17, 15) is 4.79 Å². The first-order valence-corrected chi connectivity index (χ1v) is 9.91. The third-order valence-electron chi connectivity index (χ3n) is 4.46. The average Bonchev–Trinajstić information content (AvgIpc) is 3.05. The number of hydrogen-bond acceptors (Lipinski definition) is 3. The Bertz CT molecular complexity index is 933. The van der Waals surface area contributed by atoms with Crippen molar-refractivity contribution in [3.8, 4) is 5.69 Å². The summed E-state index contributed by atoms with van der Waals surface area (Å²) in [6, 6.07) is 11.3. The lowest BCUT2D eigenvalue weighted by Crippen LogP contribution is -2.25. The zero-order valence-corrected chi connectivity index (χ0v) is 17.2. The van der Waals surface area contributed by atoms with Crippen molar-refractivity contribution < 1.29 is 4.79 Å². The average molecular weight is 397 g/mol. The molecule has 2 aromatic heterocycles. The van der Waals surface area contributed by atoms with Crippen molar-refractivity contribution in [3.05, 3.63) is 76.3 Å². The molecular weight excluding hydrogens is 372 g/mol. The van der Waals surface area contributed by atoms with Crippen LogP contribution in [0.4, 0.5) is 0 Å². The van der Waals surface area contributed by atoms with Crippen LogP contribution in [-0.2, 0) is 19.4 Å². The van der Waals surface area contributed by atoms with Crippen molar-refractivity contribution in [1.82, 2.24) is 20.1 Å². The van der Waals surface area contributed by atoms with Crippen LogP contribution in [0.15, 0.2) is 48.8 Å². The predicted octanol–water partition coefficient (Wildman–Crippen LogP) is 4.61. The van der Waals surface area contributed by atoms with E-state index in [2.05, 4.69) is 24.1 Å². The van der Waals surface area contributed by atoms with Gasteiger partial charge in [0.1, 0.15) is 0 Å². The molecule has 28 heavy (non-hydrogen) atoms. The maximum absolute atomic E-state index is 13.1. The van der Waals surface area contributed by atoms with Gasteiger partial charge in [0.15, 0.2) is 0 Å². The normalized spacial score (nSPS) is 11.0. The van der Waals surface area contributed by atoms with Crippen molar-refractivity contribution in [1.29, 1.82) is 0 Å². The standard InChI is InChI=1S/C22H25ClN4O/c1-4-20-21(22(28)25-14-16-6-5-11-24-13-16)19(12-15(2)3)26-27(20)18-9-7-17(23)8-10-18/h5-11,13,15H,4,12,14H2,1-3H3,(H,25,28). The van der Waals surface area contributed by atoms with E-state index in [1.54, 1.807) is 12.4 Å². The molecule has 0 unspecified atom stereocenters. The monoisotopic (exact) mass is 396 g/mol. The second-order valence-electron chi connectivity index (χ2n) is 7.15. The van der Waals surface area contributed by atoms with E-state index in [0.29, 0.717) is 29.5 Å². The van der Waals surface area contributed by atoms with Gasteiger partial charge >= 0.3 is 0 Å². The summed E-state index contributed by atoms with van der Waals surface area (Å²) in [7, 11) is 0. The van der Waals surface area contributed by atoms with Gasteiger partial charge in [-0.25, -0.2) is 4.68 Å². The van der Waals surface area contributed by atoms with Gasteiger partial charge in [-0.15, -0.1) is 0 Å². The minimum atomic E-state index is -0.100. The van der Waals surface area contributed by atoms with E-state index in [1.165, 1.54) is 0 Å². The Morgan fingerprint density at radius 3 is 2.57 bits per heavy atom. The number of carbonyl (C=O) groups is 1. The summed E-state index contributed by atoms with van der Waals surface area (Å²) >= 11 is 6.03. The summed E-state index contributed by atoms with van der Waals surface area (Å²) in [6.45, 7) is 6.73. The van der Waals surface area contributed by atoms with Gasteiger partial charge < -0.3 is 5.32 Å². The van der Waals surface area contributed by atoms with E-state index < -0.39 is 0 Å². The number of nitrogens with one attached hydrogen (secondary N) is 1. The molecule has 3 rings (SSSR count). The van der Waals surface area contributed by atoms with Gasteiger partial charge in [-0.2, -0.15) is 5.10 Å². The van der Waals surface area contributed by atoms with Gasteiger partial charge in [-0.05, 0) is 54.7 Å². The molecule has 146 valence electrons. The molecular formula is C22H25ClN4O. The van der Waals surface area contributed by atoms with Crippen LogP contribution in [0.5, 0.6) is 0 Å². The molecule has 0 aliphatic heterocycles. The Morgan fingerprint density at radius 1 is 1.21 bits per heavy atom. The molecule has 0 saturated heterocycles. The zero-order chi connectivity index (χ0) is 20.1. The van der Waals surface area contributed by atoms with Gasteiger partial charge in [0.2, 0.25) is 0 Å². The van der Waals surface area contributed by atoms with Gasteiger partial charge in [0.25, 0.3) is 5.91 Å². The predicted molar refractivity (Wildman–Crippen MR) is 112 cm³/mol. The highest BCUT2D eigenvalue weighted by Crippen LogP contribution is 2.23. The lowest BCUT2D eigenvalue weighted by molar-refractivity contribution is 0.0949. The minimum absolute atomic E-state index is 0.100. The van der Waals surface area contributed by atoms with Crippen LogP contribution < -0.4 is 5.32 Å². The Labute approximate surface area is 170 Å². The summed E-state index contributed by atoms with van der Waals surface area (Å²) in [4.78, 5) is 17.2. The molecule has 0 radical (unpaired) electrons. The number of rotatable bonds is 7. The quantitative estimate of drug-likeness (QED) is 0.634. The molecule has 1 amide bonds. The second-order valence-corrected chi connectivity index (χ2v) is 7.59. The molecule has 0 bridgehead atoms. The van der Waals surface area contributed by atoms with Crippen LogP contribution in [0.3, 0.4) is 0 Å². The van der Waals surface area contributed by atoms with Crippen molar-refractivity contribution in [2.45, 2.75) is 40.2 Å². The van der Waals surface area contributed by atoms with Crippen LogP contribution >= 0.6 is 11.6 Å². The van der Waals surface area contributed by atoms with E-state index in [0.717, 1.165) is 29.1 Å². The molecule has 0 spiro atoms. The first-order valence-electron chi connectivity index (χ1n) is 9.53. The molecule has 0 aliphatic carbocycles. The molecule has 3 aromatic rings. The number of amides is 1. The molecule has 1 N–H and O–H groups in total. The summed E-state index contributed by atoms with van der Waals surface area (Å²) in [5.41, 5.74) is 4.27. The minimum Gasteiger partial charge on any atom is -0.348 e. The fraction of sp³-hybridized carbons (Fsp3) is 0.318. The summed E-state index contributed by atoms with van der Waals surface area (Å²) in [5.74, 6) is 0.291. The molecule has 0 saturated carbocycles. The van der Waals surface area contributed by atoms with Crippen LogP contribution in [0.1, 0.15) is 48.1 Å². The van der Waals surface area contributed by atoms with E-state index in [1.807, 2.05) is 48.0 Å². The van der Waals surface area contributed by atoms with Crippen molar-refractivity contribution in [2.24, 2.45) is 5.92 Å². The highest BCUT2D eigenvalue weighted by Gasteiger charge is 2.24. The second kappa shape index (κ2) is 9.02. The maximum Gasteiger partial charge on any atom is 0.255 e. The number of aromatic nitrogens is 3. The summed E-state index contributed by atoms with van der Waals surface area (Å²) < 4.78 is 1.87. The number of carbonyl (C=O) groups excluding carboxylic acids is 1. The number of benzene rings is 1. The maximum atomic E-state index is 13.1. The molecule has 0 fully saturated rings. The molecule has 2 heterocycles. The van der Waals surface area contributed by atoms with Crippen LogP contribution in [-0.4, -0.2) is 20.7 Å². The molecule has 0 aliphatic rings. The number of pyridine rings is 1. The Morgan fingerprint density at radius 2 is 1.96 bits per heavy atom. The summed E-state index contributed by atoms with van der Waals surface area (Å²) in [6.07, 6.45) is 4.91. The Hall–Kier alpha value is -2.66. The first-order chi connectivity index (χ1) is 13.5. The lowest BCUT2D eigenvalue weighted by Gasteiger charge is -2.09. The van der Waals surface area contributed by atoms with Crippen LogP contribution in [0.25, 0.3) is 5.69 Å².